The highest BCUT2D eigenvalue weighted by molar-refractivity contribution is 8.16. The molecule has 0 atom stereocenters. The number of thioether (sulfide) groups is 1. The summed E-state index contributed by atoms with van der Waals surface area (Å²) in [4.78, 5) is 17.4. The van der Waals surface area contributed by atoms with Crippen LogP contribution in [0, 0.1) is 6.92 Å². The molecule has 0 radical (unpaired) electrons. The van der Waals surface area contributed by atoms with Gasteiger partial charge in [-0.15, -0.1) is 0 Å². The van der Waals surface area contributed by atoms with Gasteiger partial charge in [0.25, 0.3) is 15.9 Å². The molecule has 0 unspecified atom stereocenters. The molecule has 3 aromatic rings. The lowest BCUT2D eigenvalue weighted by Gasteiger charge is -2.20. The number of carbonyl (C=O) groups excluding carboxylic acids is 1. The van der Waals surface area contributed by atoms with Crippen molar-refractivity contribution in [2.75, 3.05) is 11.9 Å². The number of halogens is 1. The van der Waals surface area contributed by atoms with Crippen LogP contribution in [0.15, 0.2) is 80.3 Å². The number of sulfonamides is 2. The highest BCUT2D eigenvalue weighted by Crippen LogP contribution is 2.36. The summed E-state index contributed by atoms with van der Waals surface area (Å²) in [5.41, 5.74) is 2.43. The summed E-state index contributed by atoms with van der Waals surface area (Å²) in [6, 6.07) is 15.9. The van der Waals surface area contributed by atoms with E-state index in [9.17, 15) is 21.6 Å². The molecule has 3 aromatic carbocycles. The van der Waals surface area contributed by atoms with Crippen LogP contribution in [0.25, 0.3) is 0 Å². The van der Waals surface area contributed by atoms with Crippen LogP contribution in [0.2, 0.25) is 5.02 Å². The monoisotopic (exact) mass is 564 g/mol. The minimum Gasteiger partial charge on any atom is -0.322 e. The fourth-order valence-electron chi connectivity index (χ4n) is 3.33. The maximum absolute atomic E-state index is 12.9. The van der Waals surface area contributed by atoms with Gasteiger partial charge in [0.15, 0.2) is 5.17 Å². The van der Waals surface area contributed by atoms with Gasteiger partial charge >= 0.3 is 0 Å². The molecule has 0 aliphatic carbocycles. The van der Waals surface area contributed by atoms with Gasteiger partial charge in [-0.2, -0.15) is 0 Å². The molecule has 0 saturated heterocycles. The molecule has 0 spiro atoms. The number of hydrogen-bond donors (Lipinski definition) is 3. The van der Waals surface area contributed by atoms with Crippen molar-refractivity contribution in [1.29, 1.82) is 0 Å². The molecule has 36 heavy (non-hydrogen) atoms. The first-order valence-electron chi connectivity index (χ1n) is 10.5. The third kappa shape index (κ3) is 6.08. The number of benzene rings is 3. The highest BCUT2D eigenvalue weighted by Gasteiger charge is 2.30. The number of hydrogen-bond acceptors (Lipinski definition) is 7. The standard InChI is InChI=1S/C23H21ClN4O5S3/c1-14-2-6-16(7-3-14)27-22(29)18-12-21-20(13-19(18)24)34-23(28-36(21,32)33)26-11-10-15-4-8-17(9-5-15)35(25,30)31/h2-9,12-13H,10-11H2,1H3,(H,26,28)(H,27,29)(H2,25,30,31). The van der Waals surface area contributed by atoms with Crippen molar-refractivity contribution in [3.8, 4) is 0 Å². The number of amides is 1. The summed E-state index contributed by atoms with van der Waals surface area (Å²) >= 11 is 7.42. The van der Waals surface area contributed by atoms with Crippen molar-refractivity contribution in [2.24, 2.45) is 10.1 Å². The van der Waals surface area contributed by atoms with Crippen LogP contribution in [0.4, 0.5) is 5.69 Å². The Labute approximate surface area is 218 Å². The van der Waals surface area contributed by atoms with Gasteiger partial charge in [-0.1, -0.05) is 53.2 Å². The van der Waals surface area contributed by atoms with Gasteiger partial charge in [0.1, 0.15) is 4.90 Å². The van der Waals surface area contributed by atoms with Crippen molar-refractivity contribution in [1.82, 2.24) is 4.72 Å². The van der Waals surface area contributed by atoms with Crippen molar-refractivity contribution < 1.29 is 21.6 Å². The number of nitrogens with zero attached hydrogens (tertiary/aromatic N) is 1. The Kier molecular flexibility index (Phi) is 7.43. The summed E-state index contributed by atoms with van der Waals surface area (Å²) in [5, 5.41) is 8.08. The van der Waals surface area contributed by atoms with Crippen LogP contribution in [0.3, 0.4) is 0 Å². The van der Waals surface area contributed by atoms with E-state index >= 15 is 0 Å². The number of nitrogens with one attached hydrogen (secondary N) is 2. The minimum atomic E-state index is -3.98. The number of aliphatic imine (C=N–C) groups is 1. The SMILES string of the molecule is Cc1ccc(NC(=O)c2cc3c(cc2Cl)SC(=NCCc2ccc(S(N)(=O)=O)cc2)NS3(=O)=O)cc1. The average Bonchev–Trinajstić information content (AvgIpc) is 2.79. The molecule has 0 bridgehead atoms. The van der Waals surface area contributed by atoms with Crippen molar-refractivity contribution in [3.05, 3.63) is 82.4 Å². The second kappa shape index (κ2) is 10.2. The minimum absolute atomic E-state index is 0.00793. The first-order valence-corrected chi connectivity index (χ1v) is 14.7. The normalized spacial score (nSPS) is 15.7. The van der Waals surface area contributed by atoms with E-state index in [1.165, 1.54) is 24.3 Å². The molecule has 0 saturated carbocycles. The number of rotatable bonds is 6. The number of primary sulfonamides is 1. The van der Waals surface area contributed by atoms with E-state index in [2.05, 4.69) is 15.0 Å². The van der Waals surface area contributed by atoms with E-state index in [1.807, 2.05) is 19.1 Å². The Balaban J connectivity index is 1.49. The summed E-state index contributed by atoms with van der Waals surface area (Å²) in [6.07, 6.45) is 0.447. The first kappa shape index (κ1) is 26.2. The lowest BCUT2D eigenvalue weighted by molar-refractivity contribution is 0.102. The maximum Gasteiger partial charge on any atom is 0.264 e. The second-order valence-corrected chi connectivity index (χ2v) is 12.6. The van der Waals surface area contributed by atoms with Crippen molar-refractivity contribution in [2.45, 2.75) is 28.0 Å². The van der Waals surface area contributed by atoms with Crippen LogP contribution in [-0.4, -0.2) is 34.5 Å². The van der Waals surface area contributed by atoms with E-state index < -0.39 is 26.0 Å². The van der Waals surface area contributed by atoms with Crippen molar-refractivity contribution >= 4 is 60.2 Å². The van der Waals surface area contributed by atoms with E-state index in [4.69, 9.17) is 16.7 Å². The van der Waals surface area contributed by atoms with Crippen LogP contribution in [0.5, 0.6) is 0 Å². The lowest BCUT2D eigenvalue weighted by Crippen LogP contribution is -2.33. The molecule has 1 heterocycles. The number of anilines is 1. The third-order valence-electron chi connectivity index (χ3n) is 5.21. The average molecular weight is 565 g/mol. The van der Waals surface area contributed by atoms with E-state index in [1.54, 1.807) is 24.3 Å². The molecule has 4 N–H and O–H groups in total. The summed E-state index contributed by atoms with van der Waals surface area (Å²) in [5.74, 6) is -0.528. The van der Waals surface area contributed by atoms with Gasteiger partial charge in [0.05, 0.1) is 15.5 Å². The Bertz CT molecular complexity index is 1570. The maximum atomic E-state index is 12.9. The Morgan fingerprint density at radius 3 is 2.42 bits per heavy atom. The Morgan fingerprint density at radius 2 is 1.78 bits per heavy atom. The molecule has 1 aliphatic heterocycles. The molecule has 0 fully saturated rings. The number of nitrogens with two attached hydrogens (primary N) is 1. The molecule has 9 nitrogen and oxygen atoms in total. The van der Waals surface area contributed by atoms with Gasteiger partial charge in [-0.05, 0) is 55.3 Å². The third-order valence-corrected chi connectivity index (χ3v) is 9.07. The van der Waals surface area contributed by atoms with Gasteiger partial charge in [-0.3, -0.25) is 14.5 Å². The summed E-state index contributed by atoms with van der Waals surface area (Å²) in [6.45, 7) is 2.17. The number of fused-ring (bicyclic) bond motifs is 1. The van der Waals surface area contributed by atoms with E-state index in [0.29, 0.717) is 17.0 Å². The topological polar surface area (TPSA) is 148 Å². The number of aryl methyl sites for hydroxylation is 1. The molecular weight excluding hydrogens is 544 g/mol. The van der Waals surface area contributed by atoms with E-state index in [0.717, 1.165) is 22.9 Å². The smallest absolute Gasteiger partial charge is 0.264 e. The largest absolute Gasteiger partial charge is 0.322 e. The van der Waals surface area contributed by atoms with Crippen LogP contribution < -0.4 is 15.2 Å². The van der Waals surface area contributed by atoms with Crippen LogP contribution in [-0.2, 0) is 26.5 Å². The van der Waals surface area contributed by atoms with Gasteiger partial charge in [0, 0.05) is 17.1 Å². The molecule has 188 valence electrons. The Morgan fingerprint density at radius 1 is 1.11 bits per heavy atom. The Hall–Kier alpha value is -2.90. The summed E-state index contributed by atoms with van der Waals surface area (Å²) < 4.78 is 50.9. The molecule has 1 aliphatic rings. The predicted molar refractivity (Wildman–Crippen MR) is 141 cm³/mol. The number of amidine groups is 1. The van der Waals surface area contributed by atoms with Crippen LogP contribution in [0.1, 0.15) is 21.5 Å². The number of carbonyl (C=O) groups is 1. The second-order valence-electron chi connectivity index (χ2n) is 7.93. The van der Waals surface area contributed by atoms with Gasteiger partial charge in [-0.25, -0.2) is 22.0 Å². The van der Waals surface area contributed by atoms with Gasteiger partial charge < -0.3 is 5.32 Å². The van der Waals surface area contributed by atoms with E-state index in [-0.39, 0.29) is 32.1 Å². The molecular formula is C23H21ClN4O5S3. The zero-order valence-electron chi connectivity index (χ0n) is 18.9. The highest BCUT2D eigenvalue weighted by atomic mass is 35.5. The van der Waals surface area contributed by atoms with Crippen LogP contribution >= 0.6 is 23.4 Å². The zero-order chi connectivity index (χ0) is 26.1. The molecule has 4 rings (SSSR count). The predicted octanol–water partition coefficient (Wildman–Crippen LogP) is 3.53. The lowest BCUT2D eigenvalue weighted by atomic mass is 10.1. The molecule has 13 heteroatoms. The van der Waals surface area contributed by atoms with Gasteiger partial charge in [0.2, 0.25) is 10.0 Å². The molecule has 1 amide bonds. The quantitative estimate of drug-likeness (QED) is 0.417. The first-order chi connectivity index (χ1) is 16.9. The summed E-state index contributed by atoms with van der Waals surface area (Å²) in [7, 11) is -7.75. The van der Waals surface area contributed by atoms with Crippen molar-refractivity contribution in [3.63, 3.8) is 0 Å². The fourth-order valence-corrected chi connectivity index (χ4v) is 6.81. The zero-order valence-corrected chi connectivity index (χ0v) is 22.1. The molecule has 0 aromatic heterocycles. The fraction of sp³-hybridized carbons (Fsp3) is 0.130.